The monoisotopic (exact) mass is 426 g/mol. The Balaban J connectivity index is 1.58. The summed E-state index contributed by atoms with van der Waals surface area (Å²) in [7, 11) is 0. The minimum Gasteiger partial charge on any atom is -0.454 e. The highest BCUT2D eigenvalue weighted by atomic mass is 79.9. The first-order valence-electron chi connectivity index (χ1n) is 8.59. The molecule has 0 aliphatic carbocycles. The maximum Gasteiger partial charge on any atom is 0.261 e. The summed E-state index contributed by atoms with van der Waals surface area (Å²) in [6.07, 6.45) is 2.50. The van der Waals surface area contributed by atoms with Crippen LogP contribution in [0.2, 0.25) is 0 Å². The number of rotatable bonds is 2. The lowest BCUT2D eigenvalue weighted by molar-refractivity contribution is 0.102. The molecule has 0 fully saturated rings. The molecule has 2 aromatic carbocycles. The van der Waals surface area contributed by atoms with Gasteiger partial charge in [0, 0.05) is 33.9 Å². The second-order valence-corrected chi connectivity index (χ2v) is 7.73. The molecule has 0 spiro atoms. The van der Waals surface area contributed by atoms with Crippen LogP contribution < -0.4 is 20.2 Å². The number of benzene rings is 2. The van der Waals surface area contributed by atoms with E-state index >= 15 is 0 Å². The van der Waals surface area contributed by atoms with E-state index < -0.39 is 5.91 Å². The van der Waals surface area contributed by atoms with Gasteiger partial charge >= 0.3 is 0 Å². The van der Waals surface area contributed by atoms with Crippen LogP contribution in [-0.4, -0.2) is 17.3 Å². The molecule has 136 valence electrons. The number of nitrogens with zero attached hydrogens (tertiary/aromatic N) is 1. The summed E-state index contributed by atoms with van der Waals surface area (Å²) in [4.78, 5) is 25.8. The Kier molecular flexibility index (Phi) is 3.55. The van der Waals surface area contributed by atoms with Crippen molar-refractivity contribution in [3.63, 3.8) is 0 Å². The van der Waals surface area contributed by atoms with Gasteiger partial charge in [0.25, 0.3) is 5.91 Å². The van der Waals surface area contributed by atoms with E-state index in [1.165, 1.54) is 0 Å². The van der Waals surface area contributed by atoms with Gasteiger partial charge in [-0.3, -0.25) is 9.59 Å². The summed E-state index contributed by atoms with van der Waals surface area (Å²) in [5.41, 5.74) is 2.43. The molecule has 3 heterocycles. The number of fused-ring (bicyclic) bond motifs is 1. The first kappa shape index (κ1) is 16.4. The predicted molar refractivity (Wildman–Crippen MR) is 105 cm³/mol. The van der Waals surface area contributed by atoms with E-state index in [-0.39, 0.29) is 23.8 Å². The van der Waals surface area contributed by atoms with E-state index in [9.17, 15) is 9.59 Å². The van der Waals surface area contributed by atoms with Crippen LogP contribution in [0.15, 0.2) is 45.8 Å². The molecule has 1 aromatic heterocycles. The summed E-state index contributed by atoms with van der Waals surface area (Å²) < 4.78 is 13.5. The molecule has 0 radical (unpaired) electrons. The second kappa shape index (κ2) is 5.85. The van der Waals surface area contributed by atoms with Gasteiger partial charge in [-0.1, -0.05) is 15.9 Å². The first-order valence-corrected chi connectivity index (χ1v) is 9.39. The number of hydrogen-bond acceptors (Lipinski definition) is 4. The number of amides is 1. The number of carbonyl (C=O) groups excluding carboxylic acids is 1. The minimum absolute atomic E-state index is 0.123. The molecule has 7 heteroatoms. The number of carbonyl (C=O) groups is 1. The second-order valence-electron chi connectivity index (χ2n) is 6.82. The number of ether oxygens (including phenoxy) is 2. The molecule has 3 aromatic rings. The van der Waals surface area contributed by atoms with E-state index in [4.69, 9.17) is 9.47 Å². The number of halogens is 1. The van der Waals surface area contributed by atoms with Crippen LogP contribution in [0, 0.1) is 0 Å². The van der Waals surface area contributed by atoms with Crippen molar-refractivity contribution >= 4 is 38.4 Å². The zero-order valence-electron chi connectivity index (χ0n) is 14.4. The summed E-state index contributed by atoms with van der Waals surface area (Å²) in [6, 6.07) is 9.15. The standard InChI is InChI=1S/C20H15BrN2O4/c1-10-4-11-5-12(21)6-14-18(11)23(10)8-15(19(14)24)20(25)22-13-2-3-16-17(7-13)27-9-26-16/h2-3,5-8,10H,4,9H2,1H3,(H,22,25). The van der Waals surface area contributed by atoms with Crippen molar-refractivity contribution in [2.75, 3.05) is 12.1 Å². The predicted octanol–water partition coefficient (Wildman–Crippen LogP) is 3.86. The molecule has 1 atom stereocenters. The van der Waals surface area contributed by atoms with Crippen LogP contribution in [-0.2, 0) is 6.42 Å². The zero-order valence-corrected chi connectivity index (χ0v) is 16.0. The van der Waals surface area contributed by atoms with Gasteiger partial charge in [0.1, 0.15) is 5.56 Å². The molecule has 0 bridgehead atoms. The van der Waals surface area contributed by atoms with Crippen molar-refractivity contribution in [1.82, 2.24) is 4.57 Å². The van der Waals surface area contributed by atoms with Crippen molar-refractivity contribution < 1.29 is 14.3 Å². The van der Waals surface area contributed by atoms with Crippen LogP contribution >= 0.6 is 15.9 Å². The Morgan fingerprint density at radius 1 is 1.22 bits per heavy atom. The third-order valence-corrected chi connectivity index (χ3v) is 5.49. The fourth-order valence-corrected chi connectivity index (χ4v) is 4.30. The molecule has 27 heavy (non-hydrogen) atoms. The van der Waals surface area contributed by atoms with E-state index in [1.807, 2.05) is 10.6 Å². The summed E-state index contributed by atoms with van der Waals surface area (Å²) >= 11 is 3.47. The van der Waals surface area contributed by atoms with E-state index in [0.717, 1.165) is 22.0 Å². The van der Waals surface area contributed by atoms with Crippen LogP contribution in [0.5, 0.6) is 11.5 Å². The molecule has 0 saturated carbocycles. The van der Waals surface area contributed by atoms with Gasteiger partial charge in [-0.2, -0.15) is 0 Å². The highest BCUT2D eigenvalue weighted by Gasteiger charge is 2.25. The van der Waals surface area contributed by atoms with Crippen molar-refractivity contribution in [3.05, 3.63) is 62.4 Å². The quantitative estimate of drug-likeness (QED) is 0.675. The van der Waals surface area contributed by atoms with Crippen LogP contribution in [0.1, 0.15) is 28.9 Å². The summed E-state index contributed by atoms with van der Waals surface area (Å²) in [6.45, 7) is 2.24. The lowest BCUT2D eigenvalue weighted by Gasteiger charge is -2.13. The fourth-order valence-electron chi connectivity index (χ4n) is 3.80. The molecule has 2 aliphatic rings. The van der Waals surface area contributed by atoms with Crippen molar-refractivity contribution in [2.24, 2.45) is 0 Å². The molecular weight excluding hydrogens is 412 g/mol. The van der Waals surface area contributed by atoms with Gasteiger partial charge < -0.3 is 19.4 Å². The van der Waals surface area contributed by atoms with Gasteiger partial charge in [0.2, 0.25) is 12.2 Å². The van der Waals surface area contributed by atoms with Gasteiger partial charge in [0.15, 0.2) is 11.5 Å². The van der Waals surface area contributed by atoms with Crippen molar-refractivity contribution in [1.29, 1.82) is 0 Å². The number of anilines is 1. The number of hydrogen-bond donors (Lipinski definition) is 1. The molecule has 1 amide bonds. The number of aromatic nitrogens is 1. The molecule has 1 N–H and O–H groups in total. The molecule has 6 nitrogen and oxygen atoms in total. The molecule has 2 aliphatic heterocycles. The Morgan fingerprint density at radius 2 is 2.04 bits per heavy atom. The van der Waals surface area contributed by atoms with Crippen LogP contribution in [0.3, 0.4) is 0 Å². The fraction of sp³-hybridized carbons (Fsp3) is 0.200. The van der Waals surface area contributed by atoms with Crippen molar-refractivity contribution in [3.8, 4) is 11.5 Å². The maximum atomic E-state index is 13.0. The minimum atomic E-state index is -0.440. The topological polar surface area (TPSA) is 69.6 Å². The maximum absolute atomic E-state index is 13.0. The SMILES string of the molecule is CC1Cc2cc(Br)cc3c(=O)c(C(=O)Nc4ccc5c(c4)OCO5)cn1c23. The molecule has 0 saturated heterocycles. The molecular formula is C20H15BrN2O4. The van der Waals surface area contributed by atoms with E-state index in [0.29, 0.717) is 22.6 Å². The lowest BCUT2D eigenvalue weighted by Crippen LogP contribution is -2.23. The summed E-state index contributed by atoms with van der Waals surface area (Å²) in [5.74, 6) is 0.770. The highest BCUT2D eigenvalue weighted by molar-refractivity contribution is 9.10. The third kappa shape index (κ3) is 2.53. The Bertz CT molecular complexity index is 1180. The average molecular weight is 427 g/mol. The zero-order chi connectivity index (χ0) is 18.7. The van der Waals surface area contributed by atoms with Gasteiger partial charge in [-0.25, -0.2) is 0 Å². The number of nitrogens with one attached hydrogen (secondary N) is 1. The van der Waals surface area contributed by atoms with Gasteiger partial charge in [-0.05, 0) is 43.2 Å². The Labute approximate surface area is 162 Å². The largest absolute Gasteiger partial charge is 0.454 e. The summed E-state index contributed by atoms with van der Waals surface area (Å²) in [5, 5.41) is 3.35. The van der Waals surface area contributed by atoms with Crippen molar-refractivity contribution in [2.45, 2.75) is 19.4 Å². The first-order chi connectivity index (χ1) is 13.0. The number of pyridine rings is 1. The molecule has 1 unspecified atom stereocenters. The van der Waals surface area contributed by atoms with E-state index in [2.05, 4.69) is 28.2 Å². The highest BCUT2D eigenvalue weighted by Crippen LogP contribution is 2.35. The van der Waals surface area contributed by atoms with Gasteiger partial charge in [-0.15, -0.1) is 0 Å². The Morgan fingerprint density at radius 3 is 2.89 bits per heavy atom. The average Bonchev–Trinajstić information content (AvgIpc) is 3.21. The Hall–Kier alpha value is -2.80. The smallest absolute Gasteiger partial charge is 0.261 e. The van der Waals surface area contributed by atoms with Crippen LogP contribution in [0.4, 0.5) is 5.69 Å². The molecule has 5 rings (SSSR count). The lowest BCUT2D eigenvalue weighted by atomic mass is 10.1. The third-order valence-electron chi connectivity index (χ3n) is 5.03. The van der Waals surface area contributed by atoms with E-state index in [1.54, 1.807) is 30.5 Å². The van der Waals surface area contributed by atoms with Crippen LogP contribution in [0.25, 0.3) is 10.9 Å². The normalized spacial score (nSPS) is 16.7. The van der Waals surface area contributed by atoms with Gasteiger partial charge in [0.05, 0.1) is 5.52 Å².